The number of nitriles is 1. The second-order valence-electron chi connectivity index (χ2n) is 3.20. The van der Waals surface area contributed by atoms with E-state index in [0.29, 0.717) is 0 Å². The van der Waals surface area contributed by atoms with Gasteiger partial charge in [-0.05, 0) is 17.7 Å². The number of nitrogens with two attached hydrogens (primary N) is 1. The van der Waals surface area contributed by atoms with Crippen LogP contribution >= 0.6 is 0 Å². The number of hydrogen-bond acceptors (Lipinski definition) is 4. The molecule has 0 atom stereocenters. The first kappa shape index (κ1) is 13.1. The lowest BCUT2D eigenvalue weighted by Gasteiger charge is -2.10. The molecule has 0 spiro atoms. The molecule has 4 nitrogen and oxygen atoms in total. The number of rotatable bonds is 3. The third-order valence-corrected chi connectivity index (χ3v) is 2.26. The van der Waals surface area contributed by atoms with Gasteiger partial charge in [0.1, 0.15) is 6.07 Å². The number of hydrogen-bond donors (Lipinski definition) is 1. The number of ether oxygens (including phenoxy) is 1. The van der Waals surface area contributed by atoms with Gasteiger partial charge in [0, 0.05) is 12.1 Å². The van der Waals surface area contributed by atoms with E-state index >= 15 is 0 Å². The predicted molar refractivity (Wildman–Crippen MR) is 55.3 cm³/mol. The smallest absolute Gasteiger partial charge is 0.339 e. The van der Waals surface area contributed by atoms with E-state index in [9.17, 15) is 13.6 Å². The predicted octanol–water partition coefficient (Wildman–Crippen LogP) is 1.74. The highest BCUT2D eigenvalue weighted by Crippen LogP contribution is 2.26. The van der Waals surface area contributed by atoms with Gasteiger partial charge in [-0.1, -0.05) is 0 Å². The zero-order valence-electron chi connectivity index (χ0n) is 9.04. The van der Waals surface area contributed by atoms with Crippen molar-refractivity contribution in [1.82, 2.24) is 0 Å². The lowest BCUT2D eigenvalue weighted by molar-refractivity contribution is 0.0600. The van der Waals surface area contributed by atoms with Crippen molar-refractivity contribution >= 4 is 5.97 Å². The van der Waals surface area contributed by atoms with Crippen molar-refractivity contribution in [1.29, 1.82) is 5.26 Å². The number of esters is 1. The van der Waals surface area contributed by atoms with E-state index in [2.05, 4.69) is 4.74 Å². The maximum absolute atomic E-state index is 12.7. The Kier molecular flexibility index (Phi) is 4.12. The summed E-state index contributed by atoms with van der Waals surface area (Å²) in [5.41, 5.74) is 4.90. The molecule has 0 fully saturated rings. The summed E-state index contributed by atoms with van der Waals surface area (Å²) in [5, 5.41) is 8.83. The van der Waals surface area contributed by atoms with Crippen molar-refractivity contribution in [3.8, 4) is 6.07 Å². The minimum atomic E-state index is -2.76. The second kappa shape index (κ2) is 5.37. The van der Waals surface area contributed by atoms with Crippen LogP contribution in [0.3, 0.4) is 0 Å². The molecule has 0 radical (unpaired) electrons. The molecule has 0 unspecified atom stereocenters. The number of alkyl halides is 2. The highest BCUT2D eigenvalue weighted by molar-refractivity contribution is 5.92. The summed E-state index contributed by atoms with van der Waals surface area (Å²) in [6.45, 7) is -0.129. The lowest BCUT2D eigenvalue weighted by atomic mass is 9.99. The molecule has 1 aromatic rings. The van der Waals surface area contributed by atoms with Gasteiger partial charge in [0.15, 0.2) is 0 Å². The summed E-state index contributed by atoms with van der Waals surface area (Å²) in [7, 11) is 1.11. The Morgan fingerprint density at radius 1 is 1.59 bits per heavy atom. The molecule has 0 saturated heterocycles. The number of nitrogens with zero attached hydrogens (tertiary/aromatic N) is 1. The highest BCUT2D eigenvalue weighted by atomic mass is 19.3. The molecule has 1 rings (SSSR count). The van der Waals surface area contributed by atoms with Gasteiger partial charge >= 0.3 is 5.97 Å². The number of carbonyl (C=O) groups excluding carboxylic acids is 1. The van der Waals surface area contributed by atoms with Gasteiger partial charge in [0.05, 0.1) is 18.2 Å². The van der Waals surface area contributed by atoms with Crippen LogP contribution in [-0.4, -0.2) is 13.1 Å². The van der Waals surface area contributed by atoms with Crippen LogP contribution in [0.2, 0.25) is 0 Å². The fourth-order valence-corrected chi connectivity index (χ4v) is 1.41. The molecule has 2 N–H and O–H groups in total. The van der Waals surface area contributed by atoms with E-state index in [4.69, 9.17) is 11.0 Å². The third kappa shape index (κ3) is 2.57. The molecule has 90 valence electrons. The van der Waals surface area contributed by atoms with Crippen LogP contribution in [0.4, 0.5) is 8.78 Å². The van der Waals surface area contributed by atoms with Crippen molar-refractivity contribution in [3.63, 3.8) is 0 Å². The highest BCUT2D eigenvalue weighted by Gasteiger charge is 2.20. The Bertz CT molecular complexity index is 481. The zero-order chi connectivity index (χ0) is 13.0. The van der Waals surface area contributed by atoms with Crippen molar-refractivity contribution in [3.05, 3.63) is 34.4 Å². The molecule has 0 aliphatic rings. The van der Waals surface area contributed by atoms with Crippen LogP contribution < -0.4 is 5.73 Å². The van der Waals surface area contributed by atoms with Crippen LogP contribution in [0, 0.1) is 11.3 Å². The van der Waals surface area contributed by atoms with Gasteiger partial charge in [0.2, 0.25) is 0 Å². The van der Waals surface area contributed by atoms with E-state index < -0.39 is 12.4 Å². The fraction of sp³-hybridized carbons (Fsp3) is 0.273. The Hall–Kier alpha value is -2.00. The zero-order valence-corrected chi connectivity index (χ0v) is 9.04. The molecule has 0 aliphatic carbocycles. The van der Waals surface area contributed by atoms with Crippen molar-refractivity contribution in [2.45, 2.75) is 13.0 Å². The molecule has 1 aromatic carbocycles. The summed E-state index contributed by atoms with van der Waals surface area (Å²) in [4.78, 5) is 11.3. The normalized spacial score (nSPS) is 10.1. The molecular weight excluding hydrogens is 230 g/mol. The topological polar surface area (TPSA) is 76.1 Å². The van der Waals surface area contributed by atoms with E-state index in [1.807, 2.05) is 0 Å². The van der Waals surface area contributed by atoms with Gasteiger partial charge in [-0.2, -0.15) is 5.26 Å². The van der Waals surface area contributed by atoms with E-state index in [1.165, 1.54) is 6.07 Å². The Labute approximate surface area is 96.6 Å². The van der Waals surface area contributed by atoms with Crippen molar-refractivity contribution < 1.29 is 18.3 Å². The van der Waals surface area contributed by atoms with Crippen LogP contribution in [0.25, 0.3) is 0 Å². The van der Waals surface area contributed by atoms with Gasteiger partial charge in [0.25, 0.3) is 6.43 Å². The van der Waals surface area contributed by atoms with E-state index in [-0.39, 0.29) is 28.8 Å². The Morgan fingerprint density at radius 3 is 2.65 bits per heavy atom. The molecule has 0 aliphatic heterocycles. The minimum Gasteiger partial charge on any atom is -0.465 e. The minimum absolute atomic E-state index is 0.0262. The number of carbonyl (C=O) groups is 1. The third-order valence-electron chi connectivity index (χ3n) is 2.26. The maximum atomic E-state index is 12.7. The molecule has 6 heteroatoms. The lowest BCUT2D eigenvalue weighted by Crippen LogP contribution is -2.09. The summed E-state index contributed by atoms with van der Waals surface area (Å²) in [6.07, 6.45) is -2.76. The summed E-state index contributed by atoms with van der Waals surface area (Å²) in [5.74, 6) is -0.827. The van der Waals surface area contributed by atoms with Gasteiger partial charge in [-0.15, -0.1) is 0 Å². The average Bonchev–Trinajstić information content (AvgIpc) is 2.35. The summed E-state index contributed by atoms with van der Waals surface area (Å²) >= 11 is 0. The summed E-state index contributed by atoms with van der Waals surface area (Å²) < 4.78 is 29.8. The molecule has 0 amide bonds. The fourth-order valence-electron chi connectivity index (χ4n) is 1.41. The van der Waals surface area contributed by atoms with Gasteiger partial charge < -0.3 is 10.5 Å². The molecule has 0 bridgehead atoms. The number of methoxy groups -OCH3 is 1. The van der Waals surface area contributed by atoms with Crippen molar-refractivity contribution in [2.24, 2.45) is 5.73 Å². The number of benzene rings is 1. The SMILES string of the molecule is COC(=O)c1cc(C(F)F)c(CN)cc1C#N. The van der Waals surface area contributed by atoms with Gasteiger partial charge in [-0.25, -0.2) is 13.6 Å². The number of halogens is 2. The van der Waals surface area contributed by atoms with E-state index in [0.717, 1.165) is 13.2 Å². The summed E-state index contributed by atoms with van der Waals surface area (Å²) in [6, 6.07) is 3.89. The quantitative estimate of drug-likeness (QED) is 0.816. The van der Waals surface area contributed by atoms with Crippen LogP contribution in [-0.2, 0) is 11.3 Å². The van der Waals surface area contributed by atoms with Crippen LogP contribution in [0.1, 0.15) is 33.5 Å². The monoisotopic (exact) mass is 240 g/mol. The Morgan fingerprint density at radius 2 is 2.24 bits per heavy atom. The van der Waals surface area contributed by atoms with E-state index in [1.54, 1.807) is 6.07 Å². The van der Waals surface area contributed by atoms with Gasteiger partial charge in [-0.3, -0.25) is 0 Å². The van der Waals surface area contributed by atoms with Crippen LogP contribution in [0.15, 0.2) is 12.1 Å². The standard InChI is InChI=1S/C11H10F2N2O2/c1-17-11(16)9-3-8(10(12)13)6(4-14)2-7(9)5-15/h2-3,10H,4,14H2,1H3. The first-order chi connectivity index (χ1) is 8.04. The van der Waals surface area contributed by atoms with Crippen LogP contribution in [0.5, 0.6) is 0 Å². The molecule has 0 heterocycles. The largest absolute Gasteiger partial charge is 0.465 e. The Balaban J connectivity index is 3.45. The maximum Gasteiger partial charge on any atom is 0.339 e. The first-order valence-electron chi connectivity index (χ1n) is 4.68. The molecular formula is C11H10F2N2O2. The molecule has 0 saturated carbocycles. The first-order valence-corrected chi connectivity index (χ1v) is 4.68. The molecule has 0 aromatic heterocycles. The van der Waals surface area contributed by atoms with Crippen molar-refractivity contribution in [2.75, 3.05) is 7.11 Å². The molecule has 17 heavy (non-hydrogen) atoms. The average molecular weight is 240 g/mol. The second-order valence-corrected chi connectivity index (χ2v) is 3.20.